The van der Waals surface area contributed by atoms with Crippen molar-refractivity contribution in [1.82, 2.24) is 0 Å². The van der Waals surface area contributed by atoms with Gasteiger partial charge in [0.2, 0.25) is 8.32 Å². The Morgan fingerprint density at radius 3 is 1.62 bits per heavy atom. The Morgan fingerprint density at radius 1 is 0.857 bits per heavy atom. The molecule has 0 aliphatic carbocycles. The number of hydrogen-bond acceptors (Lipinski definition) is 1. The zero-order valence-electron chi connectivity index (χ0n) is 13.9. The minimum atomic E-state index is -4.27. The fourth-order valence-corrected chi connectivity index (χ4v) is 2.58. The highest BCUT2D eigenvalue weighted by Crippen LogP contribution is 2.41. The summed E-state index contributed by atoms with van der Waals surface area (Å²) in [5.41, 5.74) is -1.61. The summed E-state index contributed by atoms with van der Waals surface area (Å²) in [4.78, 5) is 0. The van der Waals surface area contributed by atoms with Crippen molar-refractivity contribution in [2.75, 3.05) is 0 Å². The second-order valence-corrected chi connectivity index (χ2v) is 12.2. The van der Waals surface area contributed by atoms with Crippen molar-refractivity contribution >= 4 is 8.32 Å². The molecule has 5 heteroatoms. The molecule has 0 spiro atoms. The minimum Gasteiger partial charge on any atom is -0.544 e. The van der Waals surface area contributed by atoms with E-state index < -0.39 is 19.9 Å². The van der Waals surface area contributed by atoms with Gasteiger partial charge in [-0.2, -0.15) is 13.2 Å². The Bertz CT molecular complexity index is 482. The molecule has 0 saturated carbocycles. The van der Waals surface area contributed by atoms with Gasteiger partial charge in [-0.1, -0.05) is 32.9 Å². The quantitative estimate of drug-likeness (QED) is 0.629. The molecule has 1 rings (SSSR count). The van der Waals surface area contributed by atoms with Gasteiger partial charge in [0.05, 0.1) is 5.41 Å². The maximum atomic E-state index is 13.0. The number of hydrogen-bond donors (Lipinski definition) is 0. The Kier molecular flexibility index (Phi) is 4.60. The van der Waals surface area contributed by atoms with Gasteiger partial charge in [-0.3, -0.25) is 0 Å². The van der Waals surface area contributed by atoms with Gasteiger partial charge in [0, 0.05) is 0 Å². The molecule has 0 aliphatic rings. The molecule has 0 saturated heterocycles. The van der Waals surface area contributed by atoms with Gasteiger partial charge < -0.3 is 4.43 Å². The Morgan fingerprint density at radius 2 is 1.29 bits per heavy atom. The Balaban J connectivity index is 3.00. The summed E-state index contributed by atoms with van der Waals surface area (Å²) in [6, 6.07) is 6.30. The number of rotatable bonds is 3. The molecule has 1 aromatic carbocycles. The summed E-state index contributed by atoms with van der Waals surface area (Å²) in [6.07, 6.45) is -4.27. The van der Waals surface area contributed by atoms with E-state index in [-0.39, 0.29) is 10.6 Å². The highest BCUT2D eigenvalue weighted by molar-refractivity contribution is 6.74. The maximum Gasteiger partial charge on any atom is 0.397 e. The van der Waals surface area contributed by atoms with Crippen molar-refractivity contribution in [3.8, 4) is 5.75 Å². The Labute approximate surface area is 126 Å². The zero-order valence-corrected chi connectivity index (χ0v) is 14.9. The molecule has 120 valence electrons. The molecule has 0 N–H and O–H groups in total. The lowest BCUT2D eigenvalue weighted by Gasteiger charge is -2.36. The van der Waals surface area contributed by atoms with Gasteiger partial charge in [0.15, 0.2) is 0 Å². The molecule has 0 radical (unpaired) electrons. The first kappa shape index (κ1) is 18.1. The third-order valence-corrected chi connectivity index (χ3v) is 8.82. The Hall–Kier alpha value is -0.973. The van der Waals surface area contributed by atoms with Crippen LogP contribution < -0.4 is 4.43 Å². The number of benzene rings is 1. The monoisotopic (exact) mass is 318 g/mol. The van der Waals surface area contributed by atoms with Gasteiger partial charge in [-0.25, -0.2) is 0 Å². The van der Waals surface area contributed by atoms with Crippen LogP contribution in [0.3, 0.4) is 0 Å². The molecule has 0 aromatic heterocycles. The molecule has 0 unspecified atom stereocenters. The topological polar surface area (TPSA) is 9.23 Å². The van der Waals surface area contributed by atoms with E-state index in [1.807, 2.05) is 0 Å². The average molecular weight is 318 g/mol. The van der Waals surface area contributed by atoms with Gasteiger partial charge in [-0.05, 0) is 49.7 Å². The molecule has 0 atom stereocenters. The highest BCUT2D eigenvalue weighted by atomic mass is 28.4. The summed E-state index contributed by atoms with van der Waals surface area (Å²) in [7, 11) is -1.97. The van der Waals surface area contributed by atoms with Crippen LogP contribution >= 0.6 is 0 Å². The van der Waals surface area contributed by atoms with Crippen LogP contribution in [0.15, 0.2) is 24.3 Å². The van der Waals surface area contributed by atoms with Crippen molar-refractivity contribution in [2.24, 2.45) is 0 Å². The van der Waals surface area contributed by atoms with E-state index in [0.717, 1.165) is 0 Å². The lowest BCUT2D eigenvalue weighted by molar-refractivity contribution is -0.180. The molecule has 1 nitrogen and oxygen atoms in total. The smallest absolute Gasteiger partial charge is 0.397 e. The first-order valence-electron chi connectivity index (χ1n) is 7.05. The summed E-state index contributed by atoms with van der Waals surface area (Å²) < 4.78 is 45.1. The summed E-state index contributed by atoms with van der Waals surface area (Å²) in [5, 5.41) is 0.0525. The summed E-state index contributed by atoms with van der Waals surface area (Å²) in [5.74, 6) is 0.642. The van der Waals surface area contributed by atoms with Gasteiger partial charge >= 0.3 is 6.18 Å². The predicted octanol–water partition coefficient (Wildman–Crippen LogP) is 5.91. The zero-order chi connectivity index (χ0) is 16.7. The van der Waals surface area contributed by atoms with Gasteiger partial charge in [0.25, 0.3) is 0 Å². The lowest BCUT2D eigenvalue weighted by Crippen LogP contribution is -2.43. The fourth-order valence-electron chi connectivity index (χ4n) is 1.55. The van der Waals surface area contributed by atoms with E-state index >= 15 is 0 Å². The second-order valence-electron chi connectivity index (χ2n) is 7.51. The van der Waals surface area contributed by atoms with E-state index in [9.17, 15) is 13.2 Å². The minimum absolute atomic E-state index is 0.0525. The van der Waals surface area contributed by atoms with Crippen LogP contribution in [-0.2, 0) is 5.41 Å². The van der Waals surface area contributed by atoms with E-state index in [0.29, 0.717) is 5.75 Å². The van der Waals surface area contributed by atoms with Crippen LogP contribution in [0.1, 0.15) is 40.2 Å². The fraction of sp³-hybridized carbons (Fsp3) is 0.625. The van der Waals surface area contributed by atoms with Crippen LogP contribution in [0.4, 0.5) is 13.2 Å². The molecule has 0 heterocycles. The molecule has 0 aliphatic heterocycles. The van der Waals surface area contributed by atoms with Crippen LogP contribution in [0.2, 0.25) is 18.1 Å². The summed E-state index contributed by atoms with van der Waals surface area (Å²) in [6.45, 7) is 13.0. The van der Waals surface area contributed by atoms with Crippen LogP contribution in [-0.4, -0.2) is 14.5 Å². The van der Waals surface area contributed by atoms with Crippen molar-refractivity contribution in [3.05, 3.63) is 29.8 Å². The second kappa shape index (κ2) is 5.34. The summed E-state index contributed by atoms with van der Waals surface area (Å²) >= 11 is 0. The van der Waals surface area contributed by atoms with Crippen LogP contribution in [0, 0.1) is 0 Å². The molecular formula is C16H25F3OSi. The lowest BCUT2D eigenvalue weighted by atomic mass is 9.84. The van der Waals surface area contributed by atoms with Crippen LogP contribution in [0.25, 0.3) is 0 Å². The SMILES string of the molecule is CC(C)(c1ccc(O[Si](C)(C)C(C)(C)C)cc1)C(F)(F)F. The highest BCUT2D eigenvalue weighted by Gasteiger charge is 2.48. The van der Waals surface area contributed by atoms with Crippen LogP contribution in [0.5, 0.6) is 5.75 Å². The first-order valence-corrected chi connectivity index (χ1v) is 9.95. The normalized spacial score (nSPS) is 14.2. The molecule has 0 amide bonds. The van der Waals surface area contributed by atoms with Crippen molar-refractivity contribution in [3.63, 3.8) is 0 Å². The largest absolute Gasteiger partial charge is 0.544 e. The molecule has 0 fully saturated rings. The van der Waals surface area contributed by atoms with Gasteiger partial charge in [-0.15, -0.1) is 0 Å². The van der Waals surface area contributed by atoms with Crippen molar-refractivity contribution in [2.45, 2.75) is 64.3 Å². The van der Waals surface area contributed by atoms with E-state index in [2.05, 4.69) is 33.9 Å². The third-order valence-electron chi connectivity index (χ3n) is 4.46. The van der Waals surface area contributed by atoms with E-state index in [1.165, 1.54) is 26.0 Å². The molecule has 0 bridgehead atoms. The number of halogens is 3. The molecule has 21 heavy (non-hydrogen) atoms. The standard InChI is InChI=1S/C16H25F3OSi/c1-14(2,3)21(6,7)20-13-10-8-12(9-11-13)15(4,5)16(17,18)19/h8-11H,1-7H3. The average Bonchev–Trinajstić information content (AvgIpc) is 2.26. The maximum absolute atomic E-state index is 13.0. The number of alkyl halides is 3. The first-order chi connectivity index (χ1) is 9.18. The van der Waals surface area contributed by atoms with Gasteiger partial charge in [0.1, 0.15) is 5.75 Å². The predicted molar refractivity (Wildman–Crippen MR) is 83.3 cm³/mol. The van der Waals surface area contributed by atoms with Crippen molar-refractivity contribution < 1.29 is 17.6 Å². The molecule has 1 aromatic rings. The van der Waals surface area contributed by atoms with E-state index in [1.54, 1.807) is 12.1 Å². The van der Waals surface area contributed by atoms with Crippen molar-refractivity contribution in [1.29, 1.82) is 0 Å². The third kappa shape index (κ3) is 3.81. The van der Waals surface area contributed by atoms with E-state index in [4.69, 9.17) is 4.43 Å². The molecular weight excluding hydrogens is 293 g/mol.